The molecule has 3 N–H and O–H groups in total. The number of carbonyl (C=O) groups is 1. The molecule has 1 amide bonds. The Balaban J connectivity index is 0.00000484. The van der Waals surface area contributed by atoms with Gasteiger partial charge >= 0.3 is 6.36 Å². The summed E-state index contributed by atoms with van der Waals surface area (Å²) < 4.78 is 40.8. The van der Waals surface area contributed by atoms with Crippen LogP contribution < -0.4 is 15.8 Å². The van der Waals surface area contributed by atoms with E-state index < -0.39 is 12.4 Å². The van der Waals surface area contributed by atoms with Crippen molar-refractivity contribution in [2.75, 3.05) is 6.54 Å². The molecular formula is C15H22ClF3N2O2. The second-order valence-corrected chi connectivity index (χ2v) is 5.11. The summed E-state index contributed by atoms with van der Waals surface area (Å²) in [5.41, 5.74) is 6.15. The molecule has 8 heteroatoms. The summed E-state index contributed by atoms with van der Waals surface area (Å²) in [6.07, 6.45) is -3.74. The Bertz CT molecular complexity index is 498. The Morgan fingerprint density at radius 3 is 2.52 bits per heavy atom. The van der Waals surface area contributed by atoms with E-state index in [-0.39, 0.29) is 42.9 Å². The van der Waals surface area contributed by atoms with Crippen LogP contribution >= 0.6 is 12.4 Å². The molecule has 0 aliphatic rings. The summed E-state index contributed by atoms with van der Waals surface area (Å²) in [6, 6.07) is 5.23. The van der Waals surface area contributed by atoms with Crippen molar-refractivity contribution >= 4 is 18.3 Å². The van der Waals surface area contributed by atoms with Crippen molar-refractivity contribution in [2.45, 2.75) is 39.1 Å². The molecule has 2 atom stereocenters. The summed E-state index contributed by atoms with van der Waals surface area (Å²) in [5.74, 6) is -0.514. The molecule has 0 spiro atoms. The van der Waals surface area contributed by atoms with E-state index in [2.05, 4.69) is 10.1 Å². The molecule has 0 aromatic heterocycles. The van der Waals surface area contributed by atoms with Crippen LogP contribution in [-0.4, -0.2) is 24.9 Å². The molecule has 1 aromatic rings. The maximum atomic E-state index is 12.3. The number of rotatable bonds is 7. The number of amides is 1. The van der Waals surface area contributed by atoms with Gasteiger partial charge in [-0.05, 0) is 24.0 Å². The molecule has 0 aliphatic carbocycles. The van der Waals surface area contributed by atoms with Gasteiger partial charge < -0.3 is 15.8 Å². The van der Waals surface area contributed by atoms with E-state index in [4.69, 9.17) is 5.73 Å². The second-order valence-electron chi connectivity index (χ2n) is 5.11. The van der Waals surface area contributed by atoms with E-state index in [0.29, 0.717) is 5.56 Å². The number of nitrogens with two attached hydrogens (primary N) is 1. The van der Waals surface area contributed by atoms with Gasteiger partial charge in [-0.15, -0.1) is 25.6 Å². The van der Waals surface area contributed by atoms with E-state index >= 15 is 0 Å². The van der Waals surface area contributed by atoms with Crippen LogP contribution in [0.1, 0.15) is 25.8 Å². The van der Waals surface area contributed by atoms with Crippen molar-refractivity contribution in [1.82, 2.24) is 5.32 Å². The Hall–Kier alpha value is -1.47. The van der Waals surface area contributed by atoms with E-state index in [9.17, 15) is 18.0 Å². The average Bonchev–Trinajstić information content (AvgIpc) is 2.45. The zero-order valence-electron chi connectivity index (χ0n) is 13.0. The molecule has 0 saturated carbocycles. The molecule has 1 rings (SSSR count). The first-order valence-electron chi connectivity index (χ1n) is 7.11. The summed E-state index contributed by atoms with van der Waals surface area (Å²) in [7, 11) is 0. The van der Waals surface area contributed by atoms with E-state index in [1.54, 1.807) is 6.07 Å². The fourth-order valence-electron chi connectivity index (χ4n) is 1.89. The number of benzene rings is 1. The first-order chi connectivity index (χ1) is 10.2. The first-order valence-corrected chi connectivity index (χ1v) is 7.11. The van der Waals surface area contributed by atoms with Gasteiger partial charge in [-0.1, -0.05) is 38.5 Å². The monoisotopic (exact) mass is 354 g/mol. The van der Waals surface area contributed by atoms with Crippen LogP contribution in [-0.2, 0) is 11.2 Å². The molecule has 1 aromatic carbocycles. The summed E-state index contributed by atoms with van der Waals surface area (Å²) in [5, 5.41) is 2.64. The van der Waals surface area contributed by atoms with Crippen molar-refractivity contribution < 1.29 is 22.7 Å². The van der Waals surface area contributed by atoms with Crippen molar-refractivity contribution in [3.63, 3.8) is 0 Å². The topological polar surface area (TPSA) is 64.4 Å². The summed E-state index contributed by atoms with van der Waals surface area (Å²) >= 11 is 0. The summed E-state index contributed by atoms with van der Waals surface area (Å²) in [6.45, 7) is 4.00. The van der Waals surface area contributed by atoms with Crippen LogP contribution in [0, 0.1) is 5.92 Å². The maximum absolute atomic E-state index is 12.3. The lowest BCUT2D eigenvalue weighted by atomic mass is 9.99. The molecular weight excluding hydrogens is 333 g/mol. The number of ether oxygens (including phenoxy) is 1. The van der Waals surface area contributed by atoms with Crippen molar-refractivity contribution in [3.8, 4) is 5.75 Å². The molecule has 0 bridgehead atoms. The molecule has 0 fully saturated rings. The predicted molar refractivity (Wildman–Crippen MR) is 84.5 cm³/mol. The molecule has 23 heavy (non-hydrogen) atoms. The van der Waals surface area contributed by atoms with Crippen molar-refractivity contribution in [1.29, 1.82) is 0 Å². The quantitative estimate of drug-likeness (QED) is 0.791. The molecule has 4 nitrogen and oxygen atoms in total. The Morgan fingerprint density at radius 1 is 1.35 bits per heavy atom. The van der Waals surface area contributed by atoms with Gasteiger partial charge in [0, 0.05) is 6.54 Å². The predicted octanol–water partition coefficient (Wildman–Crippen LogP) is 3.04. The van der Waals surface area contributed by atoms with Crippen molar-refractivity contribution in [3.05, 3.63) is 29.8 Å². The molecule has 0 radical (unpaired) electrons. The van der Waals surface area contributed by atoms with Crippen molar-refractivity contribution in [2.24, 2.45) is 11.7 Å². The summed E-state index contributed by atoms with van der Waals surface area (Å²) in [4.78, 5) is 11.8. The van der Waals surface area contributed by atoms with Gasteiger partial charge in [0.1, 0.15) is 5.75 Å². The zero-order chi connectivity index (χ0) is 16.8. The zero-order valence-corrected chi connectivity index (χ0v) is 13.8. The lowest BCUT2D eigenvalue weighted by Gasteiger charge is -2.18. The van der Waals surface area contributed by atoms with E-state index in [0.717, 1.165) is 6.42 Å². The average molecular weight is 355 g/mol. The van der Waals surface area contributed by atoms with Gasteiger partial charge in [-0.3, -0.25) is 4.79 Å². The Kier molecular flexibility index (Phi) is 9.01. The van der Waals surface area contributed by atoms with Gasteiger partial charge in [0.15, 0.2) is 0 Å². The standard InChI is InChI=1S/C15H21F3N2O2.ClH/c1-3-10(2)13(19)14(21)20-9-8-11-6-4-5-7-12(11)22-15(16,17)18;/h4-7,10,13H,3,8-9,19H2,1-2H3,(H,20,21);1H. The van der Waals surface area contributed by atoms with Crippen LogP contribution in [0.3, 0.4) is 0 Å². The SMILES string of the molecule is CCC(C)C(N)C(=O)NCCc1ccccc1OC(F)(F)F.Cl. The number of hydrogen-bond donors (Lipinski definition) is 2. The molecule has 0 aliphatic heterocycles. The normalized spacial score (nSPS) is 13.7. The third kappa shape index (κ3) is 7.56. The first kappa shape index (κ1) is 21.5. The minimum Gasteiger partial charge on any atom is -0.406 e. The number of halogens is 4. The van der Waals surface area contributed by atoms with Gasteiger partial charge in [0.05, 0.1) is 6.04 Å². The molecule has 0 saturated heterocycles. The van der Waals surface area contributed by atoms with Gasteiger partial charge in [-0.25, -0.2) is 0 Å². The van der Waals surface area contributed by atoms with E-state index in [1.165, 1.54) is 18.2 Å². The maximum Gasteiger partial charge on any atom is 0.573 e. The highest BCUT2D eigenvalue weighted by Crippen LogP contribution is 2.26. The van der Waals surface area contributed by atoms with Crippen LogP contribution in [0.4, 0.5) is 13.2 Å². The molecule has 2 unspecified atom stereocenters. The Morgan fingerprint density at radius 2 is 1.96 bits per heavy atom. The minimum absolute atomic E-state index is 0. The number of nitrogens with one attached hydrogen (secondary N) is 1. The number of hydrogen-bond acceptors (Lipinski definition) is 3. The van der Waals surface area contributed by atoms with Crippen LogP contribution in [0.5, 0.6) is 5.75 Å². The van der Waals surface area contributed by atoms with Gasteiger partial charge in [0.2, 0.25) is 5.91 Å². The molecule has 0 heterocycles. The lowest BCUT2D eigenvalue weighted by molar-refractivity contribution is -0.274. The van der Waals surface area contributed by atoms with Gasteiger partial charge in [0.25, 0.3) is 0 Å². The third-order valence-corrected chi connectivity index (χ3v) is 3.45. The fourth-order valence-corrected chi connectivity index (χ4v) is 1.89. The van der Waals surface area contributed by atoms with Gasteiger partial charge in [-0.2, -0.15) is 0 Å². The number of carbonyl (C=O) groups excluding carboxylic acids is 1. The lowest BCUT2D eigenvalue weighted by Crippen LogP contribution is -2.45. The minimum atomic E-state index is -4.74. The smallest absolute Gasteiger partial charge is 0.406 e. The molecule has 132 valence electrons. The van der Waals surface area contributed by atoms with Crippen LogP contribution in [0.2, 0.25) is 0 Å². The highest BCUT2D eigenvalue weighted by atomic mass is 35.5. The van der Waals surface area contributed by atoms with E-state index in [1.807, 2.05) is 13.8 Å². The second kappa shape index (κ2) is 9.62. The highest BCUT2D eigenvalue weighted by Gasteiger charge is 2.31. The fraction of sp³-hybridized carbons (Fsp3) is 0.533. The third-order valence-electron chi connectivity index (χ3n) is 3.45. The highest BCUT2D eigenvalue weighted by molar-refractivity contribution is 5.85. The number of para-hydroxylation sites is 1. The van der Waals surface area contributed by atoms with Crippen LogP contribution in [0.15, 0.2) is 24.3 Å². The largest absolute Gasteiger partial charge is 0.573 e. The number of alkyl halides is 3. The van der Waals surface area contributed by atoms with Crippen LogP contribution in [0.25, 0.3) is 0 Å². The Labute approximate surface area is 140 Å².